The molecule has 0 spiro atoms. The molecule has 0 fully saturated rings. The number of rotatable bonds is 2. The fourth-order valence-electron chi connectivity index (χ4n) is 1.84. The maximum absolute atomic E-state index is 13.7. The summed E-state index contributed by atoms with van der Waals surface area (Å²) in [6.45, 7) is 0. The van der Waals surface area contributed by atoms with E-state index in [0.717, 1.165) is 20.3 Å². The van der Waals surface area contributed by atoms with Gasteiger partial charge in [-0.3, -0.25) is 0 Å². The first-order chi connectivity index (χ1) is 8.65. The van der Waals surface area contributed by atoms with E-state index < -0.39 is 17.7 Å². The predicted octanol–water partition coefficient (Wildman–Crippen LogP) is 4.29. The van der Waals surface area contributed by atoms with E-state index in [0.29, 0.717) is 5.56 Å². The normalized spacial score (nSPS) is 13.1. The smallest absolute Gasteiger partial charge is 0.131 e. The molecule has 0 saturated carbocycles. The minimum absolute atomic E-state index is 0.324. The lowest BCUT2D eigenvalue weighted by Gasteiger charge is -2.10. The summed E-state index contributed by atoms with van der Waals surface area (Å²) in [7, 11) is 0. The van der Waals surface area contributed by atoms with Gasteiger partial charge in [0.1, 0.15) is 11.6 Å². The molecule has 0 amide bonds. The molecule has 0 aliphatic heterocycles. The van der Waals surface area contributed by atoms with Crippen molar-refractivity contribution in [2.75, 3.05) is 0 Å². The van der Waals surface area contributed by atoms with Gasteiger partial charge in [-0.15, -0.1) is 22.7 Å². The second-order valence-electron chi connectivity index (χ2n) is 3.94. The van der Waals surface area contributed by atoms with Crippen LogP contribution in [-0.4, -0.2) is 0 Å². The SMILES string of the molecule is NC(c1cc2sccc2s1)c1ccc(F)cc1F. The molecule has 92 valence electrons. The summed E-state index contributed by atoms with van der Waals surface area (Å²) in [6.07, 6.45) is 0. The van der Waals surface area contributed by atoms with Gasteiger partial charge in [0.05, 0.1) is 6.04 Å². The third-order valence-electron chi connectivity index (χ3n) is 2.76. The van der Waals surface area contributed by atoms with Gasteiger partial charge in [-0.1, -0.05) is 6.07 Å². The molecule has 2 N–H and O–H groups in total. The standard InChI is InChI=1S/C13H9F2NS2/c14-7-1-2-8(9(15)5-7)13(16)12-6-11-10(18-12)3-4-17-11/h1-6,13H,16H2. The van der Waals surface area contributed by atoms with E-state index in [1.165, 1.54) is 12.1 Å². The Morgan fingerprint density at radius 3 is 2.61 bits per heavy atom. The Morgan fingerprint density at radius 2 is 1.89 bits per heavy atom. The zero-order chi connectivity index (χ0) is 12.7. The van der Waals surface area contributed by atoms with Gasteiger partial charge in [0.2, 0.25) is 0 Å². The first kappa shape index (κ1) is 11.8. The van der Waals surface area contributed by atoms with Crippen LogP contribution in [0.15, 0.2) is 35.7 Å². The van der Waals surface area contributed by atoms with Crippen LogP contribution in [0.3, 0.4) is 0 Å². The molecule has 2 aromatic heterocycles. The lowest BCUT2D eigenvalue weighted by Crippen LogP contribution is -2.12. The van der Waals surface area contributed by atoms with E-state index in [1.807, 2.05) is 17.5 Å². The van der Waals surface area contributed by atoms with Gasteiger partial charge in [-0.2, -0.15) is 0 Å². The van der Waals surface area contributed by atoms with E-state index in [1.54, 1.807) is 22.7 Å². The highest BCUT2D eigenvalue weighted by atomic mass is 32.1. The van der Waals surface area contributed by atoms with Crippen molar-refractivity contribution in [3.8, 4) is 0 Å². The molecule has 5 heteroatoms. The van der Waals surface area contributed by atoms with E-state index in [9.17, 15) is 8.78 Å². The Kier molecular flexibility index (Phi) is 2.89. The maximum atomic E-state index is 13.7. The molecule has 0 bridgehead atoms. The van der Waals surface area contributed by atoms with E-state index in [4.69, 9.17) is 5.73 Å². The van der Waals surface area contributed by atoms with Gasteiger partial charge < -0.3 is 5.73 Å². The monoisotopic (exact) mass is 281 g/mol. The molecule has 3 rings (SSSR count). The van der Waals surface area contributed by atoms with Crippen molar-refractivity contribution in [1.29, 1.82) is 0 Å². The number of fused-ring (bicyclic) bond motifs is 1. The average Bonchev–Trinajstić information content (AvgIpc) is 2.87. The minimum Gasteiger partial charge on any atom is -0.320 e. The zero-order valence-electron chi connectivity index (χ0n) is 9.19. The van der Waals surface area contributed by atoms with Gasteiger partial charge in [0.15, 0.2) is 0 Å². The second kappa shape index (κ2) is 4.42. The Hall–Kier alpha value is -1.30. The average molecular weight is 281 g/mol. The fourth-order valence-corrected chi connectivity index (χ4v) is 3.98. The Balaban J connectivity index is 2.03. The quantitative estimate of drug-likeness (QED) is 0.745. The van der Waals surface area contributed by atoms with Crippen LogP contribution < -0.4 is 5.73 Å². The molecule has 18 heavy (non-hydrogen) atoms. The molecule has 1 nitrogen and oxygen atoms in total. The molecular formula is C13H9F2NS2. The summed E-state index contributed by atoms with van der Waals surface area (Å²) in [5.41, 5.74) is 6.37. The van der Waals surface area contributed by atoms with Gasteiger partial charge in [0, 0.05) is 25.9 Å². The topological polar surface area (TPSA) is 26.0 Å². The molecule has 2 heterocycles. The lowest BCUT2D eigenvalue weighted by atomic mass is 10.1. The molecule has 1 atom stereocenters. The van der Waals surface area contributed by atoms with Crippen LogP contribution in [0, 0.1) is 11.6 Å². The maximum Gasteiger partial charge on any atom is 0.131 e. The van der Waals surface area contributed by atoms with E-state index in [2.05, 4.69) is 0 Å². The van der Waals surface area contributed by atoms with Gasteiger partial charge in [-0.25, -0.2) is 8.78 Å². The highest BCUT2D eigenvalue weighted by Crippen LogP contribution is 2.35. The Bertz CT molecular complexity index is 673. The number of nitrogens with two attached hydrogens (primary N) is 1. The lowest BCUT2D eigenvalue weighted by molar-refractivity contribution is 0.567. The van der Waals surface area contributed by atoms with Crippen molar-refractivity contribution < 1.29 is 8.78 Å². The van der Waals surface area contributed by atoms with Crippen LogP contribution in [0.4, 0.5) is 8.78 Å². The summed E-state index contributed by atoms with van der Waals surface area (Å²) in [5.74, 6) is -1.19. The minimum atomic E-state index is -0.598. The molecule has 0 radical (unpaired) electrons. The molecule has 0 saturated heterocycles. The Labute approximate surface area is 110 Å². The second-order valence-corrected chi connectivity index (χ2v) is 6.00. The van der Waals surface area contributed by atoms with Crippen molar-refractivity contribution >= 4 is 32.1 Å². The van der Waals surface area contributed by atoms with Crippen LogP contribution in [0.5, 0.6) is 0 Å². The molecule has 3 aromatic rings. The molecule has 0 aliphatic carbocycles. The summed E-state index contributed by atoms with van der Waals surface area (Å²) in [5, 5.41) is 2.01. The zero-order valence-corrected chi connectivity index (χ0v) is 10.8. The Morgan fingerprint density at radius 1 is 1.06 bits per heavy atom. The summed E-state index contributed by atoms with van der Waals surface area (Å²) in [6, 6.07) is 6.94. The number of thiophene rings is 2. The molecule has 1 unspecified atom stereocenters. The van der Waals surface area contributed by atoms with Gasteiger partial charge in [0.25, 0.3) is 0 Å². The van der Waals surface area contributed by atoms with Crippen LogP contribution in [0.25, 0.3) is 9.40 Å². The van der Waals surface area contributed by atoms with Crippen molar-refractivity contribution in [3.63, 3.8) is 0 Å². The number of hydrogen-bond donors (Lipinski definition) is 1. The van der Waals surface area contributed by atoms with Crippen LogP contribution >= 0.6 is 22.7 Å². The van der Waals surface area contributed by atoms with Crippen LogP contribution in [0.2, 0.25) is 0 Å². The first-order valence-electron chi connectivity index (χ1n) is 5.32. The van der Waals surface area contributed by atoms with E-state index >= 15 is 0 Å². The van der Waals surface area contributed by atoms with Crippen molar-refractivity contribution in [1.82, 2.24) is 0 Å². The molecular weight excluding hydrogens is 272 g/mol. The third kappa shape index (κ3) is 1.94. The largest absolute Gasteiger partial charge is 0.320 e. The van der Waals surface area contributed by atoms with Crippen molar-refractivity contribution in [2.45, 2.75) is 6.04 Å². The molecule has 1 aromatic carbocycles. The highest BCUT2D eigenvalue weighted by molar-refractivity contribution is 7.27. The van der Waals surface area contributed by atoms with Crippen molar-refractivity contribution in [2.24, 2.45) is 5.73 Å². The number of halogens is 2. The van der Waals surface area contributed by atoms with Crippen LogP contribution in [-0.2, 0) is 0 Å². The number of hydrogen-bond acceptors (Lipinski definition) is 3. The summed E-state index contributed by atoms with van der Waals surface area (Å²) < 4.78 is 28.8. The van der Waals surface area contributed by atoms with E-state index in [-0.39, 0.29) is 0 Å². The van der Waals surface area contributed by atoms with Crippen LogP contribution in [0.1, 0.15) is 16.5 Å². The van der Waals surface area contributed by atoms with Crippen molar-refractivity contribution in [3.05, 3.63) is 57.8 Å². The fraction of sp³-hybridized carbons (Fsp3) is 0.0769. The third-order valence-corrected chi connectivity index (χ3v) is 4.94. The first-order valence-corrected chi connectivity index (χ1v) is 7.02. The predicted molar refractivity (Wildman–Crippen MR) is 72.1 cm³/mol. The van der Waals surface area contributed by atoms with Gasteiger partial charge in [-0.05, 0) is 23.6 Å². The highest BCUT2D eigenvalue weighted by Gasteiger charge is 2.17. The summed E-state index contributed by atoms with van der Waals surface area (Å²) in [4.78, 5) is 0.891. The number of benzene rings is 1. The molecule has 0 aliphatic rings. The van der Waals surface area contributed by atoms with Gasteiger partial charge >= 0.3 is 0 Å². The summed E-state index contributed by atoms with van der Waals surface area (Å²) >= 11 is 3.17.